The maximum absolute atomic E-state index is 12.3. The first kappa shape index (κ1) is 15.0. The van der Waals surface area contributed by atoms with Gasteiger partial charge in [-0.25, -0.2) is 8.42 Å². The van der Waals surface area contributed by atoms with Crippen LogP contribution >= 0.6 is 15.9 Å². The van der Waals surface area contributed by atoms with Crippen LogP contribution in [0.25, 0.3) is 6.08 Å². The summed E-state index contributed by atoms with van der Waals surface area (Å²) in [6.07, 6.45) is 1.63. The second-order valence-corrected chi connectivity index (χ2v) is 7.94. The van der Waals surface area contributed by atoms with Crippen LogP contribution in [-0.2, 0) is 15.6 Å². The van der Waals surface area contributed by atoms with Crippen LogP contribution in [0.4, 0.5) is 0 Å². The van der Waals surface area contributed by atoms with Gasteiger partial charge in [0.15, 0.2) is 9.84 Å². The van der Waals surface area contributed by atoms with Gasteiger partial charge < -0.3 is 0 Å². The van der Waals surface area contributed by atoms with Crippen molar-refractivity contribution in [1.82, 2.24) is 0 Å². The summed E-state index contributed by atoms with van der Waals surface area (Å²) in [5, 5.41) is 0. The summed E-state index contributed by atoms with van der Waals surface area (Å²) in [6.45, 7) is 1.98. The van der Waals surface area contributed by atoms with Crippen LogP contribution in [0.2, 0.25) is 0 Å². The molecule has 0 amide bonds. The van der Waals surface area contributed by atoms with Crippen molar-refractivity contribution in [1.29, 1.82) is 0 Å². The fraction of sp³-hybridized carbons (Fsp3) is 0.125. The van der Waals surface area contributed by atoms with E-state index in [-0.39, 0.29) is 9.57 Å². The van der Waals surface area contributed by atoms with Crippen LogP contribution in [0.5, 0.6) is 0 Å². The molecule has 0 heterocycles. The Hall–Kier alpha value is -1.39. The highest BCUT2D eigenvalue weighted by molar-refractivity contribution is 9.13. The number of rotatable bonds is 4. The molecule has 2 nitrogen and oxygen atoms in total. The molecule has 2 rings (SSSR count). The molecule has 0 saturated heterocycles. The SMILES string of the molecule is Cc1ccc(CS(=O)(=O)/C(Br)=C\c2ccccc2)cc1. The van der Waals surface area contributed by atoms with E-state index >= 15 is 0 Å². The van der Waals surface area contributed by atoms with E-state index in [1.807, 2.05) is 61.5 Å². The number of sulfone groups is 1. The summed E-state index contributed by atoms with van der Waals surface area (Å²) in [4.78, 5) is 0. The van der Waals surface area contributed by atoms with Crippen molar-refractivity contribution < 1.29 is 8.42 Å². The average Bonchev–Trinajstić information content (AvgIpc) is 2.42. The summed E-state index contributed by atoms with van der Waals surface area (Å²) in [7, 11) is -3.35. The van der Waals surface area contributed by atoms with Crippen LogP contribution in [0.1, 0.15) is 16.7 Å². The molecule has 0 radical (unpaired) electrons. The monoisotopic (exact) mass is 350 g/mol. The van der Waals surface area contributed by atoms with Gasteiger partial charge in [-0.1, -0.05) is 60.2 Å². The lowest BCUT2D eigenvalue weighted by atomic mass is 10.2. The molecular formula is C16H15BrO2S. The van der Waals surface area contributed by atoms with Gasteiger partial charge in [0.05, 0.1) is 5.75 Å². The third-order valence-electron chi connectivity index (χ3n) is 2.85. The largest absolute Gasteiger partial charge is 0.223 e. The molecule has 0 saturated carbocycles. The zero-order valence-electron chi connectivity index (χ0n) is 11.1. The molecule has 0 N–H and O–H groups in total. The number of halogens is 1. The third kappa shape index (κ3) is 4.05. The molecule has 0 unspecified atom stereocenters. The van der Waals surface area contributed by atoms with Crippen molar-refractivity contribution in [2.75, 3.05) is 0 Å². The Morgan fingerprint density at radius 3 is 2.25 bits per heavy atom. The maximum Gasteiger partial charge on any atom is 0.189 e. The topological polar surface area (TPSA) is 34.1 Å². The van der Waals surface area contributed by atoms with Gasteiger partial charge in [-0.3, -0.25) is 0 Å². The molecule has 0 aliphatic carbocycles. The van der Waals surface area contributed by atoms with Crippen molar-refractivity contribution in [3.05, 3.63) is 75.1 Å². The fourth-order valence-electron chi connectivity index (χ4n) is 1.74. The van der Waals surface area contributed by atoms with Gasteiger partial charge in [0, 0.05) is 0 Å². The smallest absolute Gasteiger partial charge is 0.189 e. The second kappa shape index (κ2) is 6.37. The molecule has 0 aliphatic heterocycles. The van der Waals surface area contributed by atoms with Crippen LogP contribution in [0.3, 0.4) is 0 Å². The summed E-state index contributed by atoms with van der Waals surface area (Å²) in [5.74, 6) is -0.00278. The highest BCUT2D eigenvalue weighted by Gasteiger charge is 2.16. The second-order valence-electron chi connectivity index (χ2n) is 4.60. The molecule has 0 fully saturated rings. The minimum Gasteiger partial charge on any atom is -0.223 e. The van der Waals surface area contributed by atoms with Gasteiger partial charge in [0.25, 0.3) is 0 Å². The Balaban J connectivity index is 2.22. The lowest BCUT2D eigenvalue weighted by Crippen LogP contribution is -2.03. The highest BCUT2D eigenvalue weighted by Crippen LogP contribution is 2.22. The molecule has 0 aromatic heterocycles. The molecule has 0 aliphatic rings. The molecule has 0 spiro atoms. The van der Waals surface area contributed by atoms with Crippen LogP contribution in [-0.4, -0.2) is 8.42 Å². The first-order chi connectivity index (χ1) is 9.47. The predicted octanol–water partition coefficient (Wildman–Crippen LogP) is 4.30. The molecule has 20 heavy (non-hydrogen) atoms. The Morgan fingerprint density at radius 2 is 1.65 bits per heavy atom. The van der Waals surface area contributed by atoms with Crippen LogP contribution in [0.15, 0.2) is 58.4 Å². The van der Waals surface area contributed by atoms with E-state index in [2.05, 4.69) is 15.9 Å². The van der Waals surface area contributed by atoms with E-state index in [0.717, 1.165) is 16.7 Å². The van der Waals surface area contributed by atoms with Gasteiger partial charge in [-0.15, -0.1) is 0 Å². The van der Waals surface area contributed by atoms with E-state index in [4.69, 9.17) is 0 Å². The predicted molar refractivity (Wildman–Crippen MR) is 87.1 cm³/mol. The lowest BCUT2D eigenvalue weighted by Gasteiger charge is -2.04. The zero-order chi connectivity index (χ0) is 14.6. The molecule has 4 heteroatoms. The van der Waals surface area contributed by atoms with Gasteiger partial charge in [0.2, 0.25) is 0 Å². The number of hydrogen-bond donors (Lipinski definition) is 0. The van der Waals surface area contributed by atoms with Crippen molar-refractivity contribution >= 4 is 31.8 Å². The van der Waals surface area contributed by atoms with E-state index in [1.54, 1.807) is 6.08 Å². The standard InChI is InChI=1S/C16H15BrO2S/c1-13-7-9-15(10-8-13)12-20(18,19)16(17)11-14-5-3-2-4-6-14/h2-11H,12H2,1H3/b16-11-. The molecular weight excluding hydrogens is 336 g/mol. The third-order valence-corrected chi connectivity index (χ3v) is 5.99. The lowest BCUT2D eigenvalue weighted by molar-refractivity contribution is 0.603. The Bertz CT molecular complexity index is 702. The average molecular weight is 351 g/mol. The molecule has 104 valence electrons. The summed E-state index contributed by atoms with van der Waals surface area (Å²) >= 11 is 3.18. The quantitative estimate of drug-likeness (QED) is 0.823. The van der Waals surface area contributed by atoms with Crippen LogP contribution < -0.4 is 0 Å². The van der Waals surface area contributed by atoms with Crippen molar-refractivity contribution in [2.45, 2.75) is 12.7 Å². The summed E-state index contributed by atoms with van der Waals surface area (Å²) < 4.78 is 24.8. The maximum atomic E-state index is 12.3. The van der Waals surface area contributed by atoms with E-state index in [1.165, 1.54) is 0 Å². The van der Waals surface area contributed by atoms with Crippen LogP contribution in [0, 0.1) is 6.92 Å². The minimum atomic E-state index is -3.35. The molecule has 2 aromatic carbocycles. The van der Waals surface area contributed by atoms with Gasteiger partial charge >= 0.3 is 0 Å². The Kier molecular flexibility index (Phi) is 4.78. The molecule has 0 atom stereocenters. The number of aryl methyl sites for hydroxylation is 1. The van der Waals surface area contributed by atoms with Gasteiger partial charge in [-0.2, -0.15) is 0 Å². The minimum absolute atomic E-state index is 0.00278. The Labute approximate surface area is 128 Å². The van der Waals surface area contributed by atoms with E-state index in [0.29, 0.717) is 0 Å². The summed E-state index contributed by atoms with van der Waals surface area (Å²) in [5.41, 5.74) is 2.76. The van der Waals surface area contributed by atoms with Crippen molar-refractivity contribution in [3.8, 4) is 0 Å². The van der Waals surface area contributed by atoms with Crippen molar-refractivity contribution in [2.24, 2.45) is 0 Å². The fourth-order valence-corrected chi connectivity index (χ4v) is 3.44. The highest BCUT2D eigenvalue weighted by atomic mass is 79.9. The first-order valence-corrected chi connectivity index (χ1v) is 8.62. The zero-order valence-corrected chi connectivity index (χ0v) is 13.5. The normalized spacial score (nSPS) is 12.4. The van der Waals surface area contributed by atoms with Crippen molar-refractivity contribution in [3.63, 3.8) is 0 Å². The van der Waals surface area contributed by atoms with Gasteiger partial charge in [0.1, 0.15) is 3.81 Å². The number of hydrogen-bond acceptors (Lipinski definition) is 2. The first-order valence-electron chi connectivity index (χ1n) is 6.18. The molecule has 2 aromatic rings. The number of benzene rings is 2. The van der Waals surface area contributed by atoms with Gasteiger partial charge in [-0.05, 0) is 40.1 Å². The summed E-state index contributed by atoms with van der Waals surface area (Å²) in [6, 6.07) is 16.9. The Morgan fingerprint density at radius 1 is 1.05 bits per heavy atom. The van der Waals surface area contributed by atoms with E-state index in [9.17, 15) is 8.42 Å². The van der Waals surface area contributed by atoms with E-state index < -0.39 is 9.84 Å². The molecule has 0 bridgehead atoms.